The van der Waals surface area contributed by atoms with Gasteiger partial charge in [-0.05, 0) is 62.6 Å². The number of piperidine rings is 1. The summed E-state index contributed by atoms with van der Waals surface area (Å²) in [6.07, 6.45) is 4.33. The predicted molar refractivity (Wildman–Crippen MR) is 134 cm³/mol. The average molecular weight is 505 g/mol. The second-order valence-corrected chi connectivity index (χ2v) is 11.9. The van der Waals surface area contributed by atoms with Crippen LogP contribution in [0.3, 0.4) is 0 Å². The van der Waals surface area contributed by atoms with Crippen LogP contribution >= 0.6 is 11.3 Å². The molecule has 0 radical (unpaired) electrons. The fraction of sp³-hybridized carbons (Fsp3) is 0.500. The van der Waals surface area contributed by atoms with Crippen LogP contribution in [0.25, 0.3) is 0 Å². The Balaban J connectivity index is 1.56. The molecule has 1 aromatic carbocycles. The smallest absolute Gasteiger partial charge is 0.256 e. The molecule has 0 aliphatic carbocycles. The Kier molecular flexibility index (Phi) is 7.42. The number of fused-ring (bicyclic) bond motifs is 1. The summed E-state index contributed by atoms with van der Waals surface area (Å²) < 4.78 is 28.0. The number of hydrogen-bond acceptors (Lipinski definition) is 6. The van der Waals surface area contributed by atoms with Crippen LogP contribution in [0.15, 0.2) is 29.2 Å². The zero-order chi connectivity index (χ0) is 24.5. The molecule has 4 rings (SSSR count). The highest BCUT2D eigenvalue weighted by Crippen LogP contribution is 2.37. The average Bonchev–Trinajstić information content (AvgIpc) is 3.20. The molecule has 0 unspecified atom stereocenters. The number of nitrogens with zero attached hydrogens (tertiary/aromatic N) is 2. The molecular weight excluding hydrogens is 472 g/mol. The van der Waals surface area contributed by atoms with Gasteiger partial charge >= 0.3 is 0 Å². The maximum atomic E-state index is 13.2. The Morgan fingerprint density at radius 2 is 1.85 bits per heavy atom. The van der Waals surface area contributed by atoms with Gasteiger partial charge in [-0.25, -0.2) is 8.42 Å². The minimum Gasteiger partial charge on any atom is -0.355 e. The summed E-state index contributed by atoms with van der Waals surface area (Å²) in [5.74, 6) is -0.587. The van der Waals surface area contributed by atoms with Crippen molar-refractivity contribution in [3.63, 3.8) is 0 Å². The molecule has 0 bridgehead atoms. The van der Waals surface area contributed by atoms with Gasteiger partial charge in [0, 0.05) is 43.2 Å². The second kappa shape index (κ2) is 10.2. The van der Waals surface area contributed by atoms with Crippen molar-refractivity contribution in [3.05, 3.63) is 45.8 Å². The lowest BCUT2D eigenvalue weighted by Crippen LogP contribution is -2.43. The molecule has 2 aliphatic rings. The number of thiophene rings is 1. The van der Waals surface area contributed by atoms with Crippen LogP contribution in [-0.4, -0.2) is 62.7 Å². The molecule has 1 atom stereocenters. The zero-order valence-electron chi connectivity index (χ0n) is 19.9. The fourth-order valence-electron chi connectivity index (χ4n) is 4.77. The summed E-state index contributed by atoms with van der Waals surface area (Å²) in [4.78, 5) is 29.1. The molecule has 34 heavy (non-hydrogen) atoms. The van der Waals surface area contributed by atoms with Gasteiger partial charge in [0.2, 0.25) is 10.0 Å². The third kappa shape index (κ3) is 4.77. The van der Waals surface area contributed by atoms with Gasteiger partial charge < -0.3 is 15.5 Å². The first kappa shape index (κ1) is 24.8. The number of nitrogens with one attached hydrogen (secondary N) is 2. The number of anilines is 1. The number of carbonyl (C=O) groups excluding carboxylic acids is 2. The van der Waals surface area contributed by atoms with Gasteiger partial charge in [0.05, 0.1) is 10.5 Å². The molecule has 1 fully saturated rings. The van der Waals surface area contributed by atoms with Crippen LogP contribution in [0.5, 0.6) is 0 Å². The van der Waals surface area contributed by atoms with Crippen LogP contribution in [-0.2, 0) is 23.0 Å². The van der Waals surface area contributed by atoms with E-state index < -0.39 is 10.0 Å². The van der Waals surface area contributed by atoms with Crippen molar-refractivity contribution < 1.29 is 18.0 Å². The molecule has 10 heteroatoms. The molecule has 0 saturated carbocycles. The van der Waals surface area contributed by atoms with Crippen molar-refractivity contribution in [3.8, 4) is 0 Å². The van der Waals surface area contributed by atoms with Gasteiger partial charge in [0.25, 0.3) is 11.8 Å². The largest absolute Gasteiger partial charge is 0.355 e. The molecule has 2 N–H and O–H groups in total. The van der Waals surface area contributed by atoms with Gasteiger partial charge in [-0.3, -0.25) is 9.59 Å². The molecule has 184 valence electrons. The first-order chi connectivity index (χ1) is 16.3. The summed E-state index contributed by atoms with van der Waals surface area (Å²) in [5.41, 5.74) is 1.86. The maximum Gasteiger partial charge on any atom is 0.256 e. The lowest BCUT2D eigenvalue weighted by molar-refractivity contribution is 0.0962. The molecule has 3 heterocycles. The molecule has 8 nitrogen and oxygen atoms in total. The first-order valence-electron chi connectivity index (χ1n) is 11.7. The summed E-state index contributed by atoms with van der Waals surface area (Å²) in [6, 6.07) is 6.09. The number of carbonyl (C=O) groups is 2. The summed E-state index contributed by atoms with van der Waals surface area (Å²) in [7, 11) is 0.00410. The van der Waals surface area contributed by atoms with Crippen LogP contribution in [0.2, 0.25) is 0 Å². The number of benzene rings is 1. The van der Waals surface area contributed by atoms with E-state index in [4.69, 9.17) is 0 Å². The Morgan fingerprint density at radius 3 is 2.53 bits per heavy atom. The normalized spacial score (nSPS) is 19.4. The topological polar surface area (TPSA) is 98.8 Å². The summed E-state index contributed by atoms with van der Waals surface area (Å²) in [5, 5.41) is 6.10. The number of likely N-dealkylation sites (N-methyl/N-ethyl adjacent to an activating group) is 1. The Hall–Kier alpha value is -2.27. The highest BCUT2D eigenvalue weighted by atomic mass is 32.2. The molecule has 2 amide bonds. The third-order valence-corrected chi connectivity index (χ3v) is 9.79. The Bertz CT molecular complexity index is 1170. The first-order valence-corrected chi connectivity index (χ1v) is 14.0. The molecular formula is C24H32N4O4S2. The van der Waals surface area contributed by atoms with E-state index in [2.05, 4.69) is 15.5 Å². The molecule has 2 aliphatic heterocycles. The predicted octanol–water partition coefficient (Wildman–Crippen LogP) is 3.30. The van der Waals surface area contributed by atoms with Crippen molar-refractivity contribution in [2.45, 2.75) is 56.5 Å². The van der Waals surface area contributed by atoms with E-state index in [1.54, 1.807) is 11.4 Å². The molecule has 0 spiro atoms. The highest BCUT2D eigenvalue weighted by Gasteiger charge is 2.32. The number of amides is 2. The van der Waals surface area contributed by atoms with Gasteiger partial charge in [-0.15, -0.1) is 11.3 Å². The van der Waals surface area contributed by atoms with Crippen molar-refractivity contribution in [2.24, 2.45) is 0 Å². The van der Waals surface area contributed by atoms with E-state index in [1.165, 1.54) is 35.6 Å². The number of sulfonamides is 1. The van der Waals surface area contributed by atoms with Crippen LogP contribution < -0.4 is 10.6 Å². The van der Waals surface area contributed by atoms with Crippen molar-refractivity contribution in [1.82, 2.24) is 14.5 Å². The van der Waals surface area contributed by atoms with Crippen molar-refractivity contribution in [2.75, 3.05) is 32.5 Å². The minimum absolute atomic E-state index is 0.0220. The van der Waals surface area contributed by atoms with E-state index >= 15 is 0 Å². The zero-order valence-corrected chi connectivity index (χ0v) is 21.5. The van der Waals surface area contributed by atoms with E-state index in [-0.39, 0.29) is 22.8 Å². The van der Waals surface area contributed by atoms with Crippen LogP contribution in [0, 0.1) is 0 Å². The van der Waals surface area contributed by atoms with Crippen molar-refractivity contribution in [1.29, 1.82) is 0 Å². The number of hydrogen-bond donors (Lipinski definition) is 2. The quantitative estimate of drug-likeness (QED) is 0.629. The summed E-state index contributed by atoms with van der Waals surface area (Å²) >= 11 is 1.42. The SMILES string of the molecule is CC[C@H]1CCCCN1S(=O)(=O)c1ccc(C(=O)Nc2sc3c(c2C(=O)NC)CCN(C)C3)cc1. The maximum absolute atomic E-state index is 13.2. The molecule has 2 aromatic rings. The van der Waals surface area contributed by atoms with Gasteiger partial charge in [0.1, 0.15) is 5.00 Å². The second-order valence-electron chi connectivity index (χ2n) is 8.93. The third-order valence-electron chi connectivity index (χ3n) is 6.70. The minimum atomic E-state index is -3.61. The van der Waals surface area contributed by atoms with Gasteiger partial charge in [-0.2, -0.15) is 4.31 Å². The van der Waals surface area contributed by atoms with Gasteiger partial charge in [-0.1, -0.05) is 13.3 Å². The van der Waals surface area contributed by atoms with Crippen molar-refractivity contribution >= 4 is 38.2 Å². The van der Waals surface area contributed by atoms with Crippen LogP contribution in [0.4, 0.5) is 5.00 Å². The van der Waals surface area contributed by atoms with E-state index in [1.807, 2.05) is 14.0 Å². The van der Waals surface area contributed by atoms with E-state index in [0.29, 0.717) is 22.7 Å². The lowest BCUT2D eigenvalue weighted by Gasteiger charge is -2.34. The fourth-order valence-corrected chi connectivity index (χ4v) is 7.86. The Labute approximate surface area is 205 Å². The van der Waals surface area contributed by atoms with E-state index in [9.17, 15) is 18.0 Å². The Morgan fingerprint density at radius 1 is 1.12 bits per heavy atom. The molecule has 1 saturated heterocycles. The molecule has 1 aromatic heterocycles. The monoisotopic (exact) mass is 504 g/mol. The highest BCUT2D eigenvalue weighted by molar-refractivity contribution is 7.89. The van der Waals surface area contributed by atoms with Crippen LogP contribution in [0.1, 0.15) is 63.8 Å². The van der Waals surface area contributed by atoms with E-state index in [0.717, 1.165) is 55.6 Å². The standard InChI is InChI=1S/C24H32N4O4S2/c1-4-17-7-5-6-13-28(17)34(31,32)18-10-8-16(9-11-18)22(29)26-24-21(23(30)25-2)19-12-14-27(3)15-20(19)33-24/h8-11,17H,4-7,12-15H2,1-3H3,(H,25,30)(H,26,29)/t17-/m0/s1. The lowest BCUT2D eigenvalue weighted by atomic mass is 10.0. The number of rotatable bonds is 6. The summed E-state index contributed by atoms with van der Waals surface area (Å²) in [6.45, 7) is 4.14. The van der Waals surface area contributed by atoms with Gasteiger partial charge in [0.15, 0.2) is 0 Å².